The van der Waals surface area contributed by atoms with Crippen LogP contribution >= 0.6 is 0 Å². The first-order valence-electron chi connectivity index (χ1n) is 5.01. The lowest BCUT2D eigenvalue weighted by atomic mass is 10.3. The summed E-state index contributed by atoms with van der Waals surface area (Å²) in [7, 11) is 0. The van der Waals surface area contributed by atoms with Crippen LogP contribution < -0.4 is 0 Å². The van der Waals surface area contributed by atoms with E-state index in [1.165, 1.54) is 12.4 Å². The van der Waals surface area contributed by atoms with Gasteiger partial charge in [-0.1, -0.05) is 10.3 Å². The van der Waals surface area contributed by atoms with Crippen LogP contribution in [0.5, 0.6) is 0 Å². The van der Waals surface area contributed by atoms with Gasteiger partial charge in [0.15, 0.2) is 0 Å². The molecule has 0 aliphatic carbocycles. The highest BCUT2D eigenvalue weighted by Gasteiger charge is 1.81. The number of hydrogen-bond acceptors (Lipinski definition) is 6. The number of pyridine rings is 2. The summed E-state index contributed by atoms with van der Waals surface area (Å²) in [5.41, 5.74) is 1.68. The summed E-state index contributed by atoms with van der Waals surface area (Å²) >= 11 is 0. The van der Waals surface area contributed by atoms with Gasteiger partial charge in [0, 0.05) is 24.8 Å². The number of nitrogens with zero attached hydrogens (tertiary/aromatic N) is 4. The van der Waals surface area contributed by atoms with Crippen LogP contribution in [-0.2, 0) is 0 Å². The molecule has 0 unspecified atom stereocenters. The molecule has 0 saturated heterocycles. The summed E-state index contributed by atoms with van der Waals surface area (Å²) in [6.07, 6.45) is 9.24. The lowest BCUT2D eigenvalue weighted by Gasteiger charge is -1.84. The maximum atomic E-state index is 8.07. The van der Waals surface area contributed by atoms with E-state index in [0.717, 1.165) is 11.1 Å². The van der Waals surface area contributed by atoms with Crippen molar-refractivity contribution in [2.45, 2.75) is 0 Å². The van der Waals surface area contributed by atoms with Crippen LogP contribution in [0.2, 0.25) is 0 Å². The second-order valence-corrected chi connectivity index (χ2v) is 3.05. The predicted octanol–water partition coefficient (Wildman–Crippen LogP) is 1.78. The molecule has 6 nitrogen and oxygen atoms in total. The van der Waals surface area contributed by atoms with Crippen molar-refractivity contribution in [1.29, 1.82) is 0 Å². The third kappa shape index (κ3) is 5.36. The number of hydrogen-bond donors (Lipinski definition) is 2. The second kappa shape index (κ2) is 8.40. The van der Waals surface area contributed by atoms with Crippen LogP contribution in [-0.4, -0.2) is 32.8 Å². The van der Waals surface area contributed by atoms with Crippen LogP contribution in [0.1, 0.15) is 11.1 Å². The molecule has 0 amide bonds. The van der Waals surface area contributed by atoms with Crippen molar-refractivity contribution in [1.82, 2.24) is 9.97 Å². The fourth-order valence-electron chi connectivity index (χ4n) is 1.03. The summed E-state index contributed by atoms with van der Waals surface area (Å²) in [5, 5.41) is 21.8. The molecule has 0 radical (unpaired) electrons. The van der Waals surface area contributed by atoms with Gasteiger partial charge < -0.3 is 10.4 Å². The fraction of sp³-hybridized carbons (Fsp3) is 0. The van der Waals surface area contributed by atoms with Gasteiger partial charge in [-0.05, 0) is 35.4 Å². The summed E-state index contributed by atoms with van der Waals surface area (Å²) in [5.74, 6) is 0. The normalized spacial score (nSPS) is 10.2. The van der Waals surface area contributed by atoms with Crippen LogP contribution in [0.25, 0.3) is 0 Å². The lowest BCUT2D eigenvalue weighted by Crippen LogP contribution is -1.78. The van der Waals surface area contributed by atoms with Gasteiger partial charge in [0.25, 0.3) is 0 Å². The Morgan fingerprint density at radius 3 is 1.33 bits per heavy atom. The third-order valence-electron chi connectivity index (χ3n) is 1.83. The minimum Gasteiger partial charge on any atom is -0.411 e. The maximum absolute atomic E-state index is 8.07. The quantitative estimate of drug-likeness (QED) is 0.478. The van der Waals surface area contributed by atoms with Crippen molar-refractivity contribution in [2.24, 2.45) is 10.3 Å². The zero-order valence-electron chi connectivity index (χ0n) is 9.46. The Kier molecular flexibility index (Phi) is 6.21. The molecule has 18 heavy (non-hydrogen) atoms. The summed E-state index contributed by atoms with van der Waals surface area (Å²) in [6, 6.07) is 7.00. The summed E-state index contributed by atoms with van der Waals surface area (Å²) in [6.45, 7) is 0. The molecule has 0 aliphatic heterocycles. The molecule has 2 aromatic rings. The number of rotatable bonds is 2. The average molecular weight is 244 g/mol. The molecule has 0 fully saturated rings. The van der Waals surface area contributed by atoms with E-state index in [0.29, 0.717) is 0 Å². The molecule has 0 atom stereocenters. The minimum atomic E-state index is 0.840. The van der Waals surface area contributed by atoms with Gasteiger partial charge in [0.1, 0.15) is 0 Å². The van der Waals surface area contributed by atoms with Crippen LogP contribution in [0, 0.1) is 0 Å². The molecule has 6 heteroatoms. The Morgan fingerprint density at radius 1 is 0.722 bits per heavy atom. The smallest absolute Gasteiger partial charge is 0.0734 e. The first-order chi connectivity index (χ1) is 8.86. The number of aromatic nitrogens is 2. The van der Waals surface area contributed by atoms with Gasteiger partial charge in [0.2, 0.25) is 0 Å². The van der Waals surface area contributed by atoms with Gasteiger partial charge in [-0.25, -0.2) is 0 Å². The molecule has 0 bridgehead atoms. The van der Waals surface area contributed by atoms with E-state index >= 15 is 0 Å². The largest absolute Gasteiger partial charge is 0.411 e. The van der Waals surface area contributed by atoms with Crippen LogP contribution in [0.3, 0.4) is 0 Å². The Bertz CT molecular complexity index is 438. The van der Waals surface area contributed by atoms with E-state index in [-0.39, 0.29) is 0 Å². The highest BCUT2D eigenvalue weighted by molar-refractivity contribution is 5.78. The van der Waals surface area contributed by atoms with E-state index in [9.17, 15) is 0 Å². The topological polar surface area (TPSA) is 91.0 Å². The van der Waals surface area contributed by atoms with Gasteiger partial charge in [0.05, 0.1) is 12.4 Å². The SMILES string of the molecule is ON=Cc1ccncc1.ON=Cc1ccncc1. The zero-order chi connectivity index (χ0) is 13.1. The van der Waals surface area contributed by atoms with Crippen molar-refractivity contribution in [3.05, 3.63) is 60.2 Å². The van der Waals surface area contributed by atoms with Gasteiger partial charge in [-0.15, -0.1) is 0 Å². The molecular formula is C12H12N4O2. The fourth-order valence-corrected chi connectivity index (χ4v) is 1.03. The standard InChI is InChI=1S/2C6H6N2O/c2*9-8-5-6-1-3-7-4-2-6/h2*1-5,9H. The predicted molar refractivity (Wildman–Crippen MR) is 67.2 cm³/mol. The van der Waals surface area contributed by atoms with Crippen molar-refractivity contribution in [3.63, 3.8) is 0 Å². The van der Waals surface area contributed by atoms with Gasteiger partial charge >= 0.3 is 0 Å². The van der Waals surface area contributed by atoms with Crippen molar-refractivity contribution >= 4 is 12.4 Å². The molecule has 92 valence electrons. The molecule has 2 rings (SSSR count). The maximum Gasteiger partial charge on any atom is 0.0734 e. The Balaban J connectivity index is 0.000000180. The highest BCUT2D eigenvalue weighted by atomic mass is 16.4. The molecular weight excluding hydrogens is 232 g/mol. The zero-order valence-corrected chi connectivity index (χ0v) is 9.46. The Morgan fingerprint density at radius 2 is 1.06 bits per heavy atom. The van der Waals surface area contributed by atoms with E-state index in [1.54, 1.807) is 49.1 Å². The van der Waals surface area contributed by atoms with E-state index in [2.05, 4.69) is 20.3 Å². The molecule has 0 aromatic carbocycles. The molecule has 0 aliphatic rings. The van der Waals surface area contributed by atoms with E-state index < -0.39 is 0 Å². The minimum absolute atomic E-state index is 0.840. The molecule has 0 saturated carbocycles. The van der Waals surface area contributed by atoms with Gasteiger partial charge in [-0.3, -0.25) is 9.97 Å². The second-order valence-electron chi connectivity index (χ2n) is 3.05. The monoisotopic (exact) mass is 244 g/mol. The highest BCUT2D eigenvalue weighted by Crippen LogP contribution is 1.90. The summed E-state index contributed by atoms with van der Waals surface area (Å²) in [4.78, 5) is 7.57. The molecule has 0 spiro atoms. The number of oxime groups is 2. The van der Waals surface area contributed by atoms with Crippen LogP contribution in [0.15, 0.2) is 59.4 Å². The van der Waals surface area contributed by atoms with Crippen molar-refractivity contribution in [2.75, 3.05) is 0 Å². The third-order valence-corrected chi connectivity index (χ3v) is 1.83. The Hall–Kier alpha value is -2.76. The first kappa shape index (κ1) is 13.3. The van der Waals surface area contributed by atoms with E-state index in [1.807, 2.05) is 0 Å². The van der Waals surface area contributed by atoms with E-state index in [4.69, 9.17) is 10.4 Å². The molecule has 2 heterocycles. The van der Waals surface area contributed by atoms with Crippen molar-refractivity contribution < 1.29 is 10.4 Å². The lowest BCUT2D eigenvalue weighted by molar-refractivity contribution is 0.321. The Labute approximate surface area is 104 Å². The molecule has 2 N–H and O–H groups in total. The first-order valence-corrected chi connectivity index (χ1v) is 5.01. The van der Waals surface area contributed by atoms with Gasteiger partial charge in [-0.2, -0.15) is 0 Å². The average Bonchev–Trinajstić information content (AvgIpc) is 2.43. The summed E-state index contributed by atoms with van der Waals surface area (Å²) < 4.78 is 0. The van der Waals surface area contributed by atoms with Crippen molar-refractivity contribution in [3.8, 4) is 0 Å². The molecule has 2 aromatic heterocycles. The van der Waals surface area contributed by atoms with Crippen LogP contribution in [0.4, 0.5) is 0 Å².